The van der Waals surface area contributed by atoms with Crippen LogP contribution in [-0.4, -0.2) is 31.2 Å². The second kappa shape index (κ2) is 5.69. The van der Waals surface area contributed by atoms with E-state index < -0.39 is 26.5 Å². The first-order chi connectivity index (χ1) is 9.73. The molecule has 116 valence electrons. The van der Waals surface area contributed by atoms with Crippen LogP contribution in [0.15, 0.2) is 17.0 Å². The lowest BCUT2D eigenvalue weighted by molar-refractivity contribution is -0.387. The van der Waals surface area contributed by atoms with Crippen molar-refractivity contribution in [3.63, 3.8) is 0 Å². The minimum atomic E-state index is -3.84. The summed E-state index contributed by atoms with van der Waals surface area (Å²) < 4.78 is 39.7. The van der Waals surface area contributed by atoms with E-state index in [1.165, 1.54) is 18.3 Å². The Hall–Kier alpha value is -1.54. The van der Waals surface area contributed by atoms with Crippen molar-refractivity contribution < 1.29 is 17.7 Å². The maximum Gasteiger partial charge on any atom is 0.306 e. The van der Waals surface area contributed by atoms with Gasteiger partial charge in [-0.15, -0.1) is 0 Å². The number of nitro groups is 1. The molecule has 1 aromatic rings. The van der Waals surface area contributed by atoms with Crippen LogP contribution in [0.3, 0.4) is 0 Å². The van der Waals surface area contributed by atoms with Gasteiger partial charge in [0.05, 0.1) is 9.82 Å². The molecule has 1 aromatic carbocycles. The van der Waals surface area contributed by atoms with Gasteiger partial charge < -0.3 is 0 Å². The predicted molar refractivity (Wildman–Crippen MR) is 74.9 cm³/mol. The normalized spacial score (nSPS) is 16.0. The Bertz CT molecular complexity index is 671. The number of hydrogen-bond donors (Lipinski definition) is 0. The zero-order valence-electron chi connectivity index (χ0n) is 11.9. The molecule has 0 heterocycles. The number of sulfonamides is 1. The Morgan fingerprint density at radius 1 is 1.43 bits per heavy atom. The molecule has 1 saturated carbocycles. The number of hydrogen-bond acceptors (Lipinski definition) is 4. The quantitative estimate of drug-likeness (QED) is 0.617. The second-order valence-electron chi connectivity index (χ2n) is 5.41. The fourth-order valence-corrected chi connectivity index (χ4v) is 3.67. The van der Waals surface area contributed by atoms with E-state index in [4.69, 9.17) is 0 Å². The number of nitro benzene ring substituents is 1. The van der Waals surface area contributed by atoms with Crippen LogP contribution in [-0.2, 0) is 10.0 Å². The summed E-state index contributed by atoms with van der Waals surface area (Å²) in [5.41, 5.74) is -0.870. The fraction of sp³-hybridized carbons (Fsp3) is 0.538. The lowest BCUT2D eigenvalue weighted by Crippen LogP contribution is -2.34. The molecule has 0 aromatic heterocycles. The van der Waals surface area contributed by atoms with Gasteiger partial charge in [0.15, 0.2) is 0 Å². The summed E-state index contributed by atoms with van der Waals surface area (Å²) in [6, 6.07) is 1.92. The second-order valence-corrected chi connectivity index (χ2v) is 7.46. The average molecular weight is 316 g/mol. The van der Waals surface area contributed by atoms with Crippen molar-refractivity contribution in [2.24, 2.45) is 5.92 Å². The molecular formula is C13H17FN2O4S. The van der Waals surface area contributed by atoms with E-state index in [0.717, 1.165) is 31.4 Å². The van der Waals surface area contributed by atoms with Gasteiger partial charge in [-0.05, 0) is 37.3 Å². The van der Waals surface area contributed by atoms with E-state index in [0.29, 0.717) is 12.5 Å². The zero-order chi connectivity index (χ0) is 15.8. The lowest BCUT2D eigenvalue weighted by atomic mass is 9.86. The minimum Gasteiger partial charge on any atom is -0.258 e. The third-order valence-electron chi connectivity index (χ3n) is 3.85. The highest BCUT2D eigenvalue weighted by atomic mass is 32.2. The predicted octanol–water partition coefficient (Wildman–Crippen LogP) is 2.46. The molecule has 0 saturated heterocycles. The van der Waals surface area contributed by atoms with Gasteiger partial charge in [0.2, 0.25) is 15.8 Å². The fourth-order valence-electron chi connectivity index (χ4n) is 2.32. The number of nitrogens with zero attached hydrogens (tertiary/aromatic N) is 2. The van der Waals surface area contributed by atoms with Crippen LogP contribution in [0.5, 0.6) is 0 Å². The Balaban J connectivity index is 2.37. The number of benzene rings is 1. The van der Waals surface area contributed by atoms with Crippen LogP contribution in [0, 0.1) is 28.8 Å². The topological polar surface area (TPSA) is 80.5 Å². The largest absolute Gasteiger partial charge is 0.306 e. The third kappa shape index (κ3) is 3.06. The molecule has 0 N–H and O–H groups in total. The molecule has 8 heteroatoms. The summed E-state index contributed by atoms with van der Waals surface area (Å²) in [5, 5.41) is 10.8. The summed E-state index contributed by atoms with van der Waals surface area (Å²) >= 11 is 0. The number of halogens is 1. The molecular weight excluding hydrogens is 299 g/mol. The highest BCUT2D eigenvalue weighted by molar-refractivity contribution is 7.89. The van der Waals surface area contributed by atoms with Crippen LogP contribution < -0.4 is 0 Å². The van der Waals surface area contributed by atoms with E-state index in [2.05, 4.69) is 0 Å². The monoisotopic (exact) mass is 316 g/mol. The molecule has 6 nitrogen and oxygen atoms in total. The molecule has 1 aliphatic carbocycles. The van der Waals surface area contributed by atoms with E-state index in [1.807, 2.05) is 0 Å². The first kappa shape index (κ1) is 15.8. The molecule has 2 rings (SSSR count). The summed E-state index contributed by atoms with van der Waals surface area (Å²) in [7, 11) is -2.40. The maximum atomic E-state index is 13.6. The molecule has 0 amide bonds. The van der Waals surface area contributed by atoms with Gasteiger partial charge >= 0.3 is 5.69 Å². The zero-order valence-corrected chi connectivity index (χ0v) is 12.7. The smallest absolute Gasteiger partial charge is 0.258 e. The van der Waals surface area contributed by atoms with Gasteiger partial charge in [-0.3, -0.25) is 10.1 Å². The minimum absolute atomic E-state index is 0.0557. The number of rotatable bonds is 5. The van der Waals surface area contributed by atoms with Gasteiger partial charge in [-0.1, -0.05) is 6.42 Å². The van der Waals surface area contributed by atoms with Crippen molar-refractivity contribution in [2.45, 2.75) is 31.1 Å². The van der Waals surface area contributed by atoms with E-state index in [9.17, 15) is 22.9 Å². The molecule has 1 aliphatic rings. The van der Waals surface area contributed by atoms with Crippen LogP contribution in [0.4, 0.5) is 10.1 Å². The van der Waals surface area contributed by atoms with Crippen LogP contribution in [0.2, 0.25) is 0 Å². The Labute approximate surface area is 122 Å². The molecule has 0 aliphatic heterocycles. The lowest BCUT2D eigenvalue weighted by Gasteiger charge is -2.29. The van der Waals surface area contributed by atoms with Gasteiger partial charge in [0.1, 0.15) is 0 Å². The molecule has 0 radical (unpaired) electrons. The molecule has 1 fully saturated rings. The van der Waals surface area contributed by atoms with Crippen molar-refractivity contribution in [3.05, 3.63) is 33.6 Å². The third-order valence-corrected chi connectivity index (χ3v) is 5.65. The highest BCUT2D eigenvalue weighted by Gasteiger charge is 2.29. The van der Waals surface area contributed by atoms with Crippen molar-refractivity contribution >= 4 is 15.7 Å². The molecule has 0 unspecified atom stereocenters. The van der Waals surface area contributed by atoms with Crippen molar-refractivity contribution in [1.82, 2.24) is 4.31 Å². The van der Waals surface area contributed by atoms with Crippen LogP contribution >= 0.6 is 0 Å². The first-order valence-corrected chi connectivity index (χ1v) is 8.08. The van der Waals surface area contributed by atoms with Gasteiger partial charge in [0.25, 0.3) is 0 Å². The van der Waals surface area contributed by atoms with Gasteiger partial charge in [0, 0.05) is 19.7 Å². The summed E-state index contributed by atoms with van der Waals surface area (Å²) in [5.74, 6) is -0.665. The van der Waals surface area contributed by atoms with Crippen LogP contribution in [0.25, 0.3) is 0 Å². The van der Waals surface area contributed by atoms with Crippen LogP contribution in [0.1, 0.15) is 24.8 Å². The maximum absolute atomic E-state index is 13.6. The summed E-state index contributed by atoms with van der Waals surface area (Å²) in [6.07, 6.45) is 3.07. The highest BCUT2D eigenvalue weighted by Crippen LogP contribution is 2.30. The van der Waals surface area contributed by atoms with E-state index in [1.54, 1.807) is 0 Å². The van der Waals surface area contributed by atoms with Gasteiger partial charge in [-0.2, -0.15) is 4.39 Å². The Kier molecular flexibility index (Phi) is 4.29. The van der Waals surface area contributed by atoms with Crippen molar-refractivity contribution in [3.8, 4) is 0 Å². The van der Waals surface area contributed by atoms with Crippen molar-refractivity contribution in [2.75, 3.05) is 13.6 Å². The van der Waals surface area contributed by atoms with Gasteiger partial charge in [-0.25, -0.2) is 12.7 Å². The standard InChI is InChI=1S/C13H17FN2O4S/c1-9-6-11(7-12(13(9)14)16(17)18)21(19,20)15(2)8-10-4-3-5-10/h6-7,10H,3-5,8H2,1-2H3. The number of aryl methyl sites for hydroxylation is 1. The van der Waals surface area contributed by atoms with Crippen molar-refractivity contribution in [1.29, 1.82) is 0 Å². The van der Waals surface area contributed by atoms with E-state index >= 15 is 0 Å². The average Bonchev–Trinajstić information content (AvgIpc) is 2.35. The first-order valence-electron chi connectivity index (χ1n) is 6.64. The summed E-state index contributed by atoms with van der Waals surface area (Å²) in [4.78, 5) is 9.66. The molecule has 0 atom stereocenters. The molecule has 0 spiro atoms. The Morgan fingerprint density at radius 2 is 2.05 bits per heavy atom. The Morgan fingerprint density at radius 3 is 2.52 bits per heavy atom. The van der Waals surface area contributed by atoms with E-state index in [-0.39, 0.29) is 10.5 Å². The molecule has 0 bridgehead atoms. The SMILES string of the molecule is Cc1cc(S(=O)(=O)N(C)CC2CCC2)cc([N+](=O)[O-])c1F. The summed E-state index contributed by atoms with van der Waals surface area (Å²) in [6.45, 7) is 1.69. The molecule has 21 heavy (non-hydrogen) atoms.